The lowest BCUT2D eigenvalue weighted by Crippen LogP contribution is -2.38. The van der Waals surface area contributed by atoms with Crippen LogP contribution in [-0.4, -0.2) is 36.1 Å². The molecule has 0 bridgehead atoms. The number of amides is 2. The van der Waals surface area contributed by atoms with Gasteiger partial charge in [-0.15, -0.1) is 0 Å². The molecular formula is C25H27N3O3. The number of ether oxygens (including phenoxy) is 1. The van der Waals surface area contributed by atoms with Crippen molar-refractivity contribution in [1.82, 2.24) is 10.2 Å². The van der Waals surface area contributed by atoms with E-state index in [0.29, 0.717) is 18.2 Å². The van der Waals surface area contributed by atoms with Crippen molar-refractivity contribution in [2.45, 2.75) is 37.4 Å². The summed E-state index contributed by atoms with van der Waals surface area (Å²) in [6, 6.07) is 16.3. The minimum absolute atomic E-state index is 0.0502. The van der Waals surface area contributed by atoms with Gasteiger partial charge in [-0.2, -0.15) is 0 Å². The van der Waals surface area contributed by atoms with E-state index >= 15 is 0 Å². The van der Waals surface area contributed by atoms with E-state index in [1.165, 1.54) is 5.56 Å². The predicted octanol–water partition coefficient (Wildman–Crippen LogP) is 4.43. The van der Waals surface area contributed by atoms with Crippen LogP contribution in [-0.2, 0) is 4.74 Å². The number of anilines is 1. The lowest BCUT2D eigenvalue weighted by Gasteiger charge is -2.39. The van der Waals surface area contributed by atoms with Crippen molar-refractivity contribution in [2.75, 3.05) is 18.5 Å². The molecule has 1 saturated carbocycles. The molecule has 2 N–H and O–H groups in total. The zero-order valence-corrected chi connectivity index (χ0v) is 17.4. The van der Waals surface area contributed by atoms with Gasteiger partial charge in [0.05, 0.1) is 12.1 Å². The van der Waals surface area contributed by atoms with Gasteiger partial charge in [-0.3, -0.25) is 4.79 Å². The van der Waals surface area contributed by atoms with Crippen LogP contribution >= 0.6 is 0 Å². The van der Waals surface area contributed by atoms with E-state index in [-0.39, 0.29) is 36.6 Å². The van der Waals surface area contributed by atoms with Crippen molar-refractivity contribution in [2.24, 2.45) is 5.92 Å². The van der Waals surface area contributed by atoms with Crippen molar-refractivity contribution in [3.05, 3.63) is 77.9 Å². The van der Waals surface area contributed by atoms with Gasteiger partial charge in [0, 0.05) is 29.8 Å². The molecule has 3 aliphatic rings. The van der Waals surface area contributed by atoms with E-state index < -0.39 is 0 Å². The highest BCUT2D eigenvalue weighted by Crippen LogP contribution is 2.51. The van der Waals surface area contributed by atoms with E-state index in [1.54, 1.807) is 6.08 Å². The molecule has 1 saturated heterocycles. The highest BCUT2D eigenvalue weighted by molar-refractivity contribution is 5.95. The maximum absolute atomic E-state index is 12.8. The molecule has 2 heterocycles. The summed E-state index contributed by atoms with van der Waals surface area (Å²) in [6.07, 6.45) is 4.20. The zero-order chi connectivity index (χ0) is 21.4. The number of benzene rings is 2. The molecular weight excluding hydrogens is 390 g/mol. The Hall–Kier alpha value is -3.28. The molecule has 2 fully saturated rings. The number of rotatable bonds is 5. The van der Waals surface area contributed by atoms with Crippen molar-refractivity contribution >= 4 is 17.7 Å². The number of fused-ring (bicyclic) bond motifs is 3. The Morgan fingerprint density at radius 2 is 1.97 bits per heavy atom. The van der Waals surface area contributed by atoms with Gasteiger partial charge in [-0.25, -0.2) is 4.79 Å². The Kier molecular flexibility index (Phi) is 5.14. The Morgan fingerprint density at radius 3 is 2.71 bits per heavy atom. The fourth-order valence-electron chi connectivity index (χ4n) is 4.82. The molecule has 5 rings (SSSR count). The average Bonchev–Trinajstić information content (AvgIpc) is 3.50. The average molecular weight is 418 g/mol. The lowest BCUT2D eigenvalue weighted by molar-refractivity contribution is 0.0950. The monoisotopic (exact) mass is 417 g/mol. The van der Waals surface area contributed by atoms with Crippen LogP contribution in [0, 0.1) is 5.92 Å². The van der Waals surface area contributed by atoms with Crippen LogP contribution in [0.25, 0.3) is 0 Å². The van der Waals surface area contributed by atoms with Crippen LogP contribution in [0.2, 0.25) is 0 Å². The van der Waals surface area contributed by atoms with Gasteiger partial charge in [0.25, 0.3) is 5.91 Å². The third kappa shape index (κ3) is 3.78. The Balaban J connectivity index is 1.52. The van der Waals surface area contributed by atoms with Gasteiger partial charge >= 0.3 is 6.09 Å². The number of hydrogen-bond donors (Lipinski definition) is 2. The highest BCUT2D eigenvalue weighted by atomic mass is 16.6. The predicted molar refractivity (Wildman–Crippen MR) is 119 cm³/mol. The normalized spacial score (nSPS) is 23.9. The van der Waals surface area contributed by atoms with Crippen LogP contribution in [0.1, 0.15) is 52.8 Å². The van der Waals surface area contributed by atoms with Crippen molar-refractivity contribution in [3.8, 4) is 0 Å². The van der Waals surface area contributed by atoms with Gasteiger partial charge in [-0.05, 0) is 48.6 Å². The van der Waals surface area contributed by atoms with Crippen LogP contribution in [0.3, 0.4) is 0 Å². The second-order valence-corrected chi connectivity index (χ2v) is 8.54. The maximum Gasteiger partial charge on any atom is 0.410 e. The molecule has 31 heavy (non-hydrogen) atoms. The van der Waals surface area contributed by atoms with Gasteiger partial charge in [0.1, 0.15) is 6.61 Å². The molecule has 2 aliphatic heterocycles. The smallest absolute Gasteiger partial charge is 0.410 e. The molecule has 3 unspecified atom stereocenters. The Labute approximate surface area is 182 Å². The Morgan fingerprint density at radius 1 is 1.16 bits per heavy atom. The standard InChI is InChI=1S/C25H27N3O3/c1-2-14-31-25(30)28-13-12-19-22(16-6-4-3-5-7-16)27-21-11-8-17(15-20(21)23(19)28)24(29)26-18-9-10-18/h2-8,11,15,18-19,22-23,27H,1,9-10,12-14H2,(H,26,29). The van der Waals surface area contributed by atoms with Gasteiger partial charge in [-0.1, -0.05) is 43.0 Å². The molecule has 160 valence electrons. The second-order valence-electron chi connectivity index (χ2n) is 8.54. The molecule has 0 radical (unpaired) electrons. The summed E-state index contributed by atoms with van der Waals surface area (Å²) in [7, 11) is 0. The molecule has 3 atom stereocenters. The van der Waals surface area contributed by atoms with E-state index in [0.717, 1.165) is 30.5 Å². The molecule has 0 spiro atoms. The minimum atomic E-state index is -0.333. The molecule has 6 heteroatoms. The first kappa shape index (κ1) is 19.7. The first-order valence-electron chi connectivity index (χ1n) is 11.0. The lowest BCUT2D eigenvalue weighted by atomic mass is 9.79. The van der Waals surface area contributed by atoms with E-state index in [9.17, 15) is 9.59 Å². The number of hydrogen-bond acceptors (Lipinski definition) is 4. The van der Waals surface area contributed by atoms with Crippen molar-refractivity contribution in [1.29, 1.82) is 0 Å². The number of nitrogens with zero attached hydrogens (tertiary/aromatic N) is 1. The van der Waals surface area contributed by atoms with Gasteiger partial charge < -0.3 is 20.3 Å². The van der Waals surface area contributed by atoms with Crippen molar-refractivity contribution < 1.29 is 14.3 Å². The first-order valence-corrected chi connectivity index (χ1v) is 11.0. The molecule has 0 aromatic heterocycles. The van der Waals surface area contributed by atoms with Crippen LogP contribution in [0.4, 0.5) is 10.5 Å². The molecule has 6 nitrogen and oxygen atoms in total. The van der Waals surface area contributed by atoms with E-state index in [1.807, 2.05) is 41.3 Å². The summed E-state index contributed by atoms with van der Waals surface area (Å²) >= 11 is 0. The van der Waals surface area contributed by atoms with Gasteiger partial charge in [0.2, 0.25) is 0 Å². The molecule has 1 aliphatic carbocycles. The largest absolute Gasteiger partial charge is 0.445 e. The van der Waals surface area contributed by atoms with E-state index in [4.69, 9.17) is 4.74 Å². The third-order valence-corrected chi connectivity index (χ3v) is 6.45. The summed E-state index contributed by atoms with van der Waals surface area (Å²) in [6.45, 7) is 4.44. The minimum Gasteiger partial charge on any atom is -0.445 e. The topological polar surface area (TPSA) is 70.7 Å². The summed E-state index contributed by atoms with van der Waals surface area (Å²) in [4.78, 5) is 27.3. The fraction of sp³-hybridized carbons (Fsp3) is 0.360. The Bertz CT molecular complexity index is 1000. The summed E-state index contributed by atoms with van der Waals surface area (Å²) in [5.41, 5.74) is 3.77. The quantitative estimate of drug-likeness (QED) is 0.706. The summed E-state index contributed by atoms with van der Waals surface area (Å²) in [5, 5.41) is 6.74. The summed E-state index contributed by atoms with van der Waals surface area (Å²) in [5.74, 6) is 0.138. The molecule has 2 aromatic carbocycles. The molecule has 2 amide bonds. The van der Waals surface area contributed by atoms with Crippen LogP contribution < -0.4 is 10.6 Å². The maximum atomic E-state index is 12.8. The highest BCUT2D eigenvalue weighted by Gasteiger charge is 2.47. The second kappa shape index (κ2) is 8.10. The van der Waals surface area contributed by atoms with Crippen LogP contribution in [0.15, 0.2) is 61.2 Å². The first-order chi connectivity index (χ1) is 15.2. The van der Waals surface area contributed by atoms with Crippen LogP contribution in [0.5, 0.6) is 0 Å². The number of carbonyl (C=O) groups is 2. The number of carbonyl (C=O) groups excluding carboxylic acids is 2. The van der Waals surface area contributed by atoms with Crippen molar-refractivity contribution in [3.63, 3.8) is 0 Å². The summed E-state index contributed by atoms with van der Waals surface area (Å²) < 4.78 is 5.39. The number of nitrogens with one attached hydrogen (secondary N) is 2. The molecule has 2 aromatic rings. The zero-order valence-electron chi connectivity index (χ0n) is 17.4. The fourth-order valence-corrected chi connectivity index (χ4v) is 4.82. The van der Waals surface area contributed by atoms with Gasteiger partial charge in [0.15, 0.2) is 0 Å². The number of likely N-dealkylation sites (tertiary alicyclic amines) is 1. The SMILES string of the molecule is C=CCOC(=O)N1CCC2C(c3ccccc3)Nc3ccc(C(=O)NC4CC4)cc3C21. The van der Waals surface area contributed by atoms with E-state index in [2.05, 4.69) is 29.3 Å². The third-order valence-electron chi connectivity index (χ3n) is 6.45.